The maximum atomic E-state index is 12.0. The number of anilines is 1. The minimum Gasteiger partial charge on any atom is -0.356 e. The molecule has 1 N–H and O–H groups in total. The number of amides is 2. The summed E-state index contributed by atoms with van der Waals surface area (Å²) >= 11 is 0. The lowest BCUT2D eigenvalue weighted by Gasteiger charge is -2.16. The van der Waals surface area contributed by atoms with Crippen LogP contribution in [0.4, 0.5) is 5.69 Å². The topological polar surface area (TPSA) is 49.4 Å². The molecule has 1 fully saturated rings. The molecule has 0 aliphatic carbocycles. The normalized spacial score (nSPS) is 18.7. The molecule has 19 heavy (non-hydrogen) atoms. The summed E-state index contributed by atoms with van der Waals surface area (Å²) in [5, 5.41) is 2.86. The van der Waals surface area contributed by atoms with E-state index in [1.54, 1.807) is 4.90 Å². The Morgan fingerprint density at radius 1 is 1.37 bits per heavy atom. The van der Waals surface area contributed by atoms with Crippen molar-refractivity contribution in [2.24, 2.45) is 5.92 Å². The number of carbonyl (C=O) groups excluding carboxylic acids is 2. The molecular weight excluding hydrogens is 240 g/mol. The van der Waals surface area contributed by atoms with Gasteiger partial charge in [0.2, 0.25) is 11.8 Å². The average Bonchev–Trinajstić information content (AvgIpc) is 2.79. The van der Waals surface area contributed by atoms with Crippen LogP contribution < -0.4 is 10.2 Å². The van der Waals surface area contributed by atoms with E-state index in [9.17, 15) is 9.59 Å². The summed E-state index contributed by atoms with van der Waals surface area (Å²) in [5.41, 5.74) is 2.04. The van der Waals surface area contributed by atoms with Gasteiger partial charge in [-0.15, -0.1) is 0 Å². The van der Waals surface area contributed by atoms with Gasteiger partial charge >= 0.3 is 0 Å². The third kappa shape index (κ3) is 3.13. The van der Waals surface area contributed by atoms with Crippen LogP contribution in [0.5, 0.6) is 0 Å². The molecular formula is C15H20N2O2. The third-order valence-corrected chi connectivity index (χ3v) is 3.39. The van der Waals surface area contributed by atoms with E-state index in [0.29, 0.717) is 19.5 Å². The Labute approximate surface area is 113 Å². The van der Waals surface area contributed by atoms with Crippen molar-refractivity contribution in [3.05, 3.63) is 29.8 Å². The Hall–Kier alpha value is -1.84. The lowest BCUT2D eigenvalue weighted by Crippen LogP contribution is -2.33. The molecule has 2 amide bonds. The Balaban J connectivity index is 2.03. The molecule has 0 radical (unpaired) electrons. The second kappa shape index (κ2) is 5.87. The lowest BCUT2D eigenvalue weighted by atomic mass is 10.1. The Bertz CT molecular complexity index is 468. The minimum absolute atomic E-state index is 0.00943. The van der Waals surface area contributed by atoms with E-state index in [2.05, 4.69) is 5.32 Å². The number of nitrogens with zero attached hydrogens (tertiary/aromatic N) is 1. The Morgan fingerprint density at radius 3 is 2.68 bits per heavy atom. The zero-order chi connectivity index (χ0) is 13.8. The number of hydrogen-bond acceptors (Lipinski definition) is 2. The zero-order valence-electron chi connectivity index (χ0n) is 11.5. The van der Waals surface area contributed by atoms with Crippen molar-refractivity contribution in [2.45, 2.75) is 26.7 Å². The molecule has 1 aromatic carbocycles. The lowest BCUT2D eigenvalue weighted by molar-refractivity contribution is -0.126. The molecule has 1 aliphatic heterocycles. The fraction of sp³-hybridized carbons (Fsp3) is 0.467. The van der Waals surface area contributed by atoms with Crippen LogP contribution in [0, 0.1) is 12.8 Å². The molecule has 102 valence electrons. The summed E-state index contributed by atoms with van der Waals surface area (Å²) in [4.78, 5) is 25.6. The van der Waals surface area contributed by atoms with E-state index in [0.717, 1.165) is 17.7 Å². The second-order valence-corrected chi connectivity index (χ2v) is 5.03. The van der Waals surface area contributed by atoms with Gasteiger partial charge in [-0.2, -0.15) is 0 Å². The van der Waals surface area contributed by atoms with E-state index >= 15 is 0 Å². The highest BCUT2D eigenvalue weighted by Gasteiger charge is 2.34. The standard InChI is InChI=1S/C15H20N2O2/c1-3-8-16-15(19)12-9-14(18)17(10-12)13-6-4-11(2)5-7-13/h4-7,12H,3,8-10H2,1-2H3,(H,16,19)/t12-/m0/s1. The summed E-state index contributed by atoms with van der Waals surface area (Å²) in [7, 11) is 0. The van der Waals surface area contributed by atoms with Gasteiger partial charge in [0, 0.05) is 25.2 Å². The fourth-order valence-corrected chi connectivity index (χ4v) is 2.25. The zero-order valence-corrected chi connectivity index (χ0v) is 11.5. The van der Waals surface area contributed by atoms with Crippen molar-refractivity contribution in [2.75, 3.05) is 18.0 Å². The molecule has 0 aromatic heterocycles. The highest BCUT2D eigenvalue weighted by atomic mass is 16.2. The first-order valence-electron chi connectivity index (χ1n) is 6.76. The van der Waals surface area contributed by atoms with Gasteiger partial charge in [0.15, 0.2) is 0 Å². The highest BCUT2D eigenvalue weighted by molar-refractivity contribution is 6.00. The van der Waals surface area contributed by atoms with Crippen LogP contribution >= 0.6 is 0 Å². The highest BCUT2D eigenvalue weighted by Crippen LogP contribution is 2.25. The molecule has 0 saturated carbocycles. The van der Waals surface area contributed by atoms with Gasteiger partial charge in [0.05, 0.1) is 5.92 Å². The van der Waals surface area contributed by atoms with Gasteiger partial charge in [-0.05, 0) is 25.5 Å². The average molecular weight is 260 g/mol. The summed E-state index contributed by atoms with van der Waals surface area (Å²) in [6, 6.07) is 7.82. The first-order chi connectivity index (χ1) is 9.11. The Kier molecular flexibility index (Phi) is 4.20. The van der Waals surface area contributed by atoms with E-state index in [1.807, 2.05) is 38.1 Å². The van der Waals surface area contributed by atoms with Gasteiger partial charge in [-0.25, -0.2) is 0 Å². The monoisotopic (exact) mass is 260 g/mol. The van der Waals surface area contributed by atoms with Gasteiger partial charge in [-0.3, -0.25) is 9.59 Å². The van der Waals surface area contributed by atoms with Crippen LogP contribution in [0.3, 0.4) is 0 Å². The fourth-order valence-electron chi connectivity index (χ4n) is 2.25. The predicted octanol–water partition coefficient (Wildman–Crippen LogP) is 1.87. The molecule has 4 nitrogen and oxygen atoms in total. The summed E-state index contributed by atoms with van der Waals surface area (Å²) in [6.45, 7) is 5.18. The molecule has 0 unspecified atom stereocenters. The molecule has 1 atom stereocenters. The van der Waals surface area contributed by atoms with E-state index < -0.39 is 0 Å². The predicted molar refractivity (Wildman–Crippen MR) is 74.9 cm³/mol. The quantitative estimate of drug-likeness (QED) is 0.898. The van der Waals surface area contributed by atoms with Crippen LogP contribution in [0.2, 0.25) is 0 Å². The van der Waals surface area contributed by atoms with E-state index in [-0.39, 0.29) is 17.7 Å². The third-order valence-electron chi connectivity index (χ3n) is 3.39. The number of benzene rings is 1. The first-order valence-corrected chi connectivity index (χ1v) is 6.76. The van der Waals surface area contributed by atoms with Gasteiger partial charge in [0.25, 0.3) is 0 Å². The molecule has 2 rings (SSSR count). The van der Waals surface area contributed by atoms with Crippen molar-refractivity contribution < 1.29 is 9.59 Å². The van der Waals surface area contributed by atoms with Gasteiger partial charge in [-0.1, -0.05) is 24.6 Å². The van der Waals surface area contributed by atoms with Crippen LogP contribution in [0.15, 0.2) is 24.3 Å². The number of nitrogens with one attached hydrogen (secondary N) is 1. The molecule has 1 saturated heterocycles. The number of aryl methyl sites for hydroxylation is 1. The van der Waals surface area contributed by atoms with Crippen LogP contribution in [-0.2, 0) is 9.59 Å². The van der Waals surface area contributed by atoms with Crippen molar-refractivity contribution in [3.8, 4) is 0 Å². The summed E-state index contributed by atoms with van der Waals surface area (Å²) in [6.07, 6.45) is 1.22. The van der Waals surface area contributed by atoms with Crippen molar-refractivity contribution in [1.29, 1.82) is 0 Å². The number of rotatable bonds is 4. The van der Waals surface area contributed by atoms with Crippen LogP contribution in [-0.4, -0.2) is 24.9 Å². The van der Waals surface area contributed by atoms with Crippen molar-refractivity contribution >= 4 is 17.5 Å². The molecule has 4 heteroatoms. The minimum atomic E-state index is -0.222. The van der Waals surface area contributed by atoms with Crippen molar-refractivity contribution in [3.63, 3.8) is 0 Å². The Morgan fingerprint density at radius 2 is 2.05 bits per heavy atom. The van der Waals surface area contributed by atoms with Crippen LogP contribution in [0.1, 0.15) is 25.3 Å². The summed E-state index contributed by atoms with van der Waals surface area (Å²) in [5.74, 6) is -0.203. The maximum absolute atomic E-state index is 12.0. The molecule has 1 heterocycles. The first kappa shape index (κ1) is 13.6. The van der Waals surface area contributed by atoms with E-state index in [1.165, 1.54) is 0 Å². The van der Waals surface area contributed by atoms with Crippen LogP contribution in [0.25, 0.3) is 0 Å². The number of carbonyl (C=O) groups is 2. The number of hydrogen-bond donors (Lipinski definition) is 1. The molecule has 1 aromatic rings. The smallest absolute Gasteiger partial charge is 0.227 e. The SMILES string of the molecule is CCCNC(=O)[C@H]1CC(=O)N(c2ccc(C)cc2)C1. The molecule has 1 aliphatic rings. The maximum Gasteiger partial charge on any atom is 0.227 e. The van der Waals surface area contributed by atoms with Gasteiger partial charge < -0.3 is 10.2 Å². The van der Waals surface area contributed by atoms with Gasteiger partial charge in [0.1, 0.15) is 0 Å². The summed E-state index contributed by atoms with van der Waals surface area (Å²) < 4.78 is 0. The largest absolute Gasteiger partial charge is 0.356 e. The van der Waals surface area contributed by atoms with Crippen molar-refractivity contribution in [1.82, 2.24) is 5.32 Å². The van der Waals surface area contributed by atoms with E-state index in [4.69, 9.17) is 0 Å². The molecule has 0 spiro atoms. The molecule has 0 bridgehead atoms. The second-order valence-electron chi connectivity index (χ2n) is 5.03.